The molecule has 0 heterocycles. The molecule has 0 rings (SSSR count). The SMILES string of the molecule is CN=C[O]. The van der Waals surface area contributed by atoms with Crippen molar-refractivity contribution in [2.24, 2.45) is 4.99 Å². The van der Waals surface area contributed by atoms with Crippen LogP contribution in [0.25, 0.3) is 0 Å². The topological polar surface area (TPSA) is 32.3 Å². The first-order valence-electron chi connectivity index (χ1n) is 0.941. The maximum absolute atomic E-state index is 9.01. The number of nitrogens with zero attached hydrogens (tertiary/aromatic N) is 1. The van der Waals surface area contributed by atoms with Crippen molar-refractivity contribution in [1.29, 1.82) is 0 Å². The highest BCUT2D eigenvalue weighted by molar-refractivity contribution is 5.41. The lowest BCUT2D eigenvalue weighted by molar-refractivity contribution is 0.450. The summed E-state index contributed by atoms with van der Waals surface area (Å²) < 4.78 is 0. The van der Waals surface area contributed by atoms with Gasteiger partial charge in [-0.1, -0.05) is 0 Å². The van der Waals surface area contributed by atoms with Gasteiger partial charge in [0.2, 0.25) is 6.40 Å². The van der Waals surface area contributed by atoms with Gasteiger partial charge in [0.25, 0.3) is 0 Å². The Morgan fingerprint density at radius 3 is 2.25 bits per heavy atom. The molecular formula is C2H4NO. The van der Waals surface area contributed by atoms with Crippen molar-refractivity contribution in [2.75, 3.05) is 7.05 Å². The molecule has 0 saturated carbocycles. The molecule has 0 saturated heterocycles. The lowest BCUT2D eigenvalue weighted by Crippen LogP contribution is -1.52. The predicted molar refractivity (Wildman–Crippen MR) is 15.1 cm³/mol. The van der Waals surface area contributed by atoms with Crippen molar-refractivity contribution in [3.63, 3.8) is 0 Å². The maximum Gasteiger partial charge on any atom is 0.228 e. The standard InChI is InChI=1S/C2H4NO/c1-3-2-4/h2H,1H3. The molecule has 0 aliphatic rings. The summed E-state index contributed by atoms with van der Waals surface area (Å²) in [7, 11) is 1.44. The van der Waals surface area contributed by atoms with E-state index >= 15 is 0 Å². The van der Waals surface area contributed by atoms with E-state index in [0.717, 1.165) is 0 Å². The van der Waals surface area contributed by atoms with Gasteiger partial charge in [0.1, 0.15) is 0 Å². The first-order valence-corrected chi connectivity index (χ1v) is 0.941. The molecule has 0 fully saturated rings. The molecule has 0 aromatic heterocycles. The van der Waals surface area contributed by atoms with Crippen LogP contribution < -0.4 is 0 Å². The van der Waals surface area contributed by atoms with E-state index in [4.69, 9.17) is 5.11 Å². The predicted octanol–water partition coefficient (Wildman–Crippen LogP) is 0.0750. The van der Waals surface area contributed by atoms with E-state index in [1.165, 1.54) is 7.05 Å². The molecule has 0 atom stereocenters. The zero-order chi connectivity index (χ0) is 3.41. The normalized spacial score (nSPS) is 9.25. The van der Waals surface area contributed by atoms with Crippen LogP contribution in [0.2, 0.25) is 0 Å². The van der Waals surface area contributed by atoms with Crippen LogP contribution in [0.5, 0.6) is 0 Å². The molecule has 0 unspecified atom stereocenters. The first kappa shape index (κ1) is 3.47. The van der Waals surface area contributed by atoms with Gasteiger partial charge in [0, 0.05) is 7.05 Å². The molecule has 23 valence electrons. The van der Waals surface area contributed by atoms with E-state index in [2.05, 4.69) is 4.99 Å². The van der Waals surface area contributed by atoms with Gasteiger partial charge in [0.05, 0.1) is 0 Å². The van der Waals surface area contributed by atoms with E-state index in [1.54, 1.807) is 0 Å². The molecule has 0 amide bonds. The summed E-state index contributed by atoms with van der Waals surface area (Å²) in [6.07, 6.45) is 0.500. The largest absolute Gasteiger partial charge is 0.277 e. The van der Waals surface area contributed by atoms with E-state index in [0.29, 0.717) is 6.40 Å². The second-order valence-electron chi connectivity index (χ2n) is 0.364. The van der Waals surface area contributed by atoms with Crippen LogP contribution in [0.1, 0.15) is 0 Å². The summed E-state index contributed by atoms with van der Waals surface area (Å²) in [6.45, 7) is 0. The van der Waals surface area contributed by atoms with Crippen molar-refractivity contribution in [3.8, 4) is 0 Å². The highest BCUT2D eigenvalue weighted by Crippen LogP contribution is 1.35. The van der Waals surface area contributed by atoms with Crippen molar-refractivity contribution >= 4 is 6.40 Å². The van der Waals surface area contributed by atoms with Gasteiger partial charge in [-0.15, -0.1) is 0 Å². The maximum atomic E-state index is 9.01. The number of aliphatic imine (C=N–C) groups is 1. The Kier molecular flexibility index (Phi) is 2.14. The molecule has 1 radical (unpaired) electrons. The summed E-state index contributed by atoms with van der Waals surface area (Å²) in [5.74, 6) is 0. The highest BCUT2D eigenvalue weighted by atomic mass is 16.2. The third-order valence-electron chi connectivity index (χ3n) is 0.105. The molecule has 0 aliphatic heterocycles. The van der Waals surface area contributed by atoms with Gasteiger partial charge < -0.3 is 0 Å². The number of rotatable bonds is 0. The summed E-state index contributed by atoms with van der Waals surface area (Å²) in [5, 5.41) is 9.01. The van der Waals surface area contributed by atoms with Gasteiger partial charge in [0.15, 0.2) is 0 Å². The zero-order valence-electron chi connectivity index (χ0n) is 2.43. The fourth-order valence-corrected chi connectivity index (χ4v) is 0. The molecule has 0 aromatic rings. The Labute approximate surface area is 24.8 Å². The van der Waals surface area contributed by atoms with E-state index in [-0.39, 0.29) is 0 Å². The van der Waals surface area contributed by atoms with Gasteiger partial charge in [-0.2, -0.15) is 0 Å². The minimum Gasteiger partial charge on any atom is -0.277 e. The van der Waals surface area contributed by atoms with Crippen LogP contribution in [0.15, 0.2) is 4.99 Å². The lowest BCUT2D eigenvalue weighted by Gasteiger charge is -1.48. The third kappa shape index (κ3) is 1.47. The molecule has 0 spiro atoms. The van der Waals surface area contributed by atoms with Crippen LogP contribution in [0.3, 0.4) is 0 Å². The molecule has 2 heteroatoms. The van der Waals surface area contributed by atoms with Crippen LogP contribution in [0, 0.1) is 0 Å². The Morgan fingerprint density at radius 1 is 2.00 bits per heavy atom. The molecule has 4 heavy (non-hydrogen) atoms. The summed E-state index contributed by atoms with van der Waals surface area (Å²) in [4.78, 5) is 3.06. The van der Waals surface area contributed by atoms with E-state index in [9.17, 15) is 0 Å². The fraction of sp³-hybridized carbons (Fsp3) is 0.500. The van der Waals surface area contributed by atoms with Crippen LogP contribution in [-0.4, -0.2) is 13.4 Å². The van der Waals surface area contributed by atoms with Gasteiger partial charge in [-0.05, 0) is 0 Å². The third-order valence-corrected chi connectivity index (χ3v) is 0.105. The molecule has 0 aromatic carbocycles. The van der Waals surface area contributed by atoms with Crippen molar-refractivity contribution in [2.45, 2.75) is 0 Å². The Bertz CT molecular complexity index is 21.2. The molecule has 0 bridgehead atoms. The lowest BCUT2D eigenvalue weighted by atomic mass is 11.4. The average molecular weight is 58.1 g/mol. The smallest absolute Gasteiger partial charge is 0.228 e. The monoisotopic (exact) mass is 58.0 g/mol. The summed E-state index contributed by atoms with van der Waals surface area (Å²) in [6, 6.07) is 0. The second-order valence-corrected chi connectivity index (χ2v) is 0.364. The summed E-state index contributed by atoms with van der Waals surface area (Å²) in [5.41, 5.74) is 0. The zero-order valence-corrected chi connectivity index (χ0v) is 2.43. The molecule has 0 N–H and O–H groups in total. The second kappa shape index (κ2) is 2.47. The summed E-state index contributed by atoms with van der Waals surface area (Å²) >= 11 is 0. The van der Waals surface area contributed by atoms with Crippen molar-refractivity contribution < 1.29 is 5.11 Å². The van der Waals surface area contributed by atoms with Crippen LogP contribution in [-0.2, 0) is 5.11 Å². The van der Waals surface area contributed by atoms with Crippen LogP contribution >= 0.6 is 0 Å². The van der Waals surface area contributed by atoms with Crippen LogP contribution in [0.4, 0.5) is 0 Å². The Morgan fingerprint density at radius 2 is 2.25 bits per heavy atom. The van der Waals surface area contributed by atoms with Crippen molar-refractivity contribution in [1.82, 2.24) is 0 Å². The number of hydrogen-bond donors (Lipinski definition) is 0. The Balaban J connectivity index is 2.55. The van der Waals surface area contributed by atoms with Gasteiger partial charge >= 0.3 is 0 Å². The van der Waals surface area contributed by atoms with E-state index < -0.39 is 0 Å². The van der Waals surface area contributed by atoms with Gasteiger partial charge in [-0.3, -0.25) is 10.1 Å². The molecule has 2 nitrogen and oxygen atoms in total. The average Bonchev–Trinajstić information content (AvgIpc) is 1.37. The minimum atomic E-state index is 0.500. The first-order chi connectivity index (χ1) is 1.91. The van der Waals surface area contributed by atoms with Crippen molar-refractivity contribution in [3.05, 3.63) is 0 Å². The van der Waals surface area contributed by atoms with Gasteiger partial charge in [-0.25, -0.2) is 0 Å². The minimum absolute atomic E-state index is 0.500. The molecule has 0 aliphatic carbocycles. The van der Waals surface area contributed by atoms with E-state index in [1.807, 2.05) is 0 Å². The molecular weight excluding hydrogens is 54.0 g/mol. The Hall–Kier alpha value is -0.530. The number of hydrogen-bond acceptors (Lipinski definition) is 1. The fourth-order valence-electron chi connectivity index (χ4n) is 0. The highest BCUT2D eigenvalue weighted by Gasteiger charge is 1.39. The quantitative estimate of drug-likeness (QED) is 0.279.